The van der Waals surface area contributed by atoms with E-state index in [0.29, 0.717) is 17.9 Å². The molecule has 3 aromatic heterocycles. The van der Waals surface area contributed by atoms with Gasteiger partial charge in [-0.1, -0.05) is 0 Å². The van der Waals surface area contributed by atoms with Gasteiger partial charge in [-0.15, -0.1) is 11.3 Å². The van der Waals surface area contributed by atoms with Crippen molar-refractivity contribution in [3.05, 3.63) is 64.9 Å². The van der Waals surface area contributed by atoms with E-state index >= 15 is 0 Å². The molecule has 0 amide bonds. The number of hydrogen-bond donors (Lipinski definition) is 1. The van der Waals surface area contributed by atoms with Gasteiger partial charge in [0.15, 0.2) is 0 Å². The third-order valence-corrected chi connectivity index (χ3v) is 5.36. The van der Waals surface area contributed by atoms with E-state index in [-0.39, 0.29) is 0 Å². The van der Waals surface area contributed by atoms with Gasteiger partial charge in [-0.3, -0.25) is 4.98 Å². The van der Waals surface area contributed by atoms with Crippen LogP contribution in [-0.2, 0) is 0 Å². The monoisotopic (exact) mass is 364 g/mol. The van der Waals surface area contributed by atoms with Crippen LogP contribution in [0, 0.1) is 0 Å². The number of thiophene rings is 1. The molecule has 0 saturated carbocycles. The summed E-state index contributed by atoms with van der Waals surface area (Å²) in [6, 6.07) is 9.47. The van der Waals surface area contributed by atoms with Gasteiger partial charge in [0.05, 0.1) is 17.7 Å². The molecule has 1 atom stereocenters. The zero-order valence-electron chi connectivity index (χ0n) is 14.0. The summed E-state index contributed by atoms with van der Waals surface area (Å²) in [6.45, 7) is 0. The number of nitrogens with zero attached hydrogens (tertiary/aromatic N) is 4. The molecule has 0 spiro atoms. The van der Waals surface area contributed by atoms with Crippen molar-refractivity contribution >= 4 is 23.3 Å². The third-order valence-electron chi connectivity index (χ3n) is 4.11. The second-order valence-corrected chi connectivity index (χ2v) is 6.77. The first-order valence-electron chi connectivity index (χ1n) is 8.07. The Balaban J connectivity index is 1.76. The molecule has 4 rings (SSSR count). The molecule has 0 aliphatic carbocycles. The van der Waals surface area contributed by atoms with Crippen LogP contribution >= 0.6 is 11.3 Å². The highest BCUT2D eigenvalue weighted by molar-refractivity contribution is 7.17. The average Bonchev–Trinajstić information content (AvgIpc) is 3.38. The molecule has 4 heterocycles. The third kappa shape index (κ3) is 3.14. The molecular weight excluding hydrogens is 348 g/mol. The van der Waals surface area contributed by atoms with Crippen molar-refractivity contribution in [2.45, 2.75) is 12.5 Å². The van der Waals surface area contributed by atoms with E-state index in [1.165, 1.54) is 0 Å². The summed E-state index contributed by atoms with van der Waals surface area (Å²) in [4.78, 5) is 10.3. The van der Waals surface area contributed by atoms with Crippen LogP contribution in [0.5, 0.6) is 5.88 Å². The number of rotatable bonds is 5. The van der Waals surface area contributed by atoms with Crippen LogP contribution in [0.3, 0.4) is 0 Å². The first kappa shape index (κ1) is 16.6. The second kappa shape index (κ2) is 7.15. The minimum absolute atomic E-state index is 0.512. The van der Waals surface area contributed by atoms with E-state index in [1.54, 1.807) is 49.3 Å². The summed E-state index contributed by atoms with van der Waals surface area (Å²) in [5, 5.41) is 19.2. The highest BCUT2D eigenvalue weighted by Crippen LogP contribution is 2.38. The summed E-state index contributed by atoms with van der Waals surface area (Å²) in [6.07, 6.45) is 6.77. The summed E-state index contributed by atoms with van der Waals surface area (Å²) in [5.41, 5.74) is 3.42. The quantitative estimate of drug-likeness (QED) is 0.752. The predicted octanol–water partition coefficient (Wildman–Crippen LogP) is 3.47. The molecule has 0 saturated heterocycles. The molecule has 1 aliphatic heterocycles. The minimum atomic E-state index is -0.807. The van der Waals surface area contributed by atoms with Crippen LogP contribution < -0.4 is 4.74 Å². The maximum Gasteiger partial charge on any atom is 0.212 e. The maximum atomic E-state index is 11.0. The molecule has 0 radical (unpaired) electrons. The van der Waals surface area contributed by atoms with E-state index in [4.69, 9.17) is 4.74 Å². The Labute approximate surface area is 154 Å². The largest absolute Gasteiger partial charge is 0.481 e. The number of methoxy groups -OCH3 is 1. The minimum Gasteiger partial charge on any atom is -0.481 e. The first-order chi connectivity index (χ1) is 12.8. The summed E-state index contributed by atoms with van der Waals surface area (Å²) in [5.74, 6) is 0.512. The van der Waals surface area contributed by atoms with Gasteiger partial charge < -0.3 is 9.84 Å². The van der Waals surface area contributed by atoms with Crippen LogP contribution in [0.15, 0.2) is 59.1 Å². The zero-order valence-corrected chi connectivity index (χ0v) is 14.8. The number of ether oxygens (including phenoxy) is 1. The Hall–Kier alpha value is -2.90. The molecule has 0 bridgehead atoms. The summed E-state index contributed by atoms with van der Waals surface area (Å²) >= 11 is 1.60. The van der Waals surface area contributed by atoms with Crippen molar-refractivity contribution in [3.63, 3.8) is 0 Å². The second-order valence-electron chi connectivity index (χ2n) is 5.72. The molecule has 1 N–H and O–H groups in total. The van der Waals surface area contributed by atoms with Crippen molar-refractivity contribution in [3.8, 4) is 16.3 Å². The van der Waals surface area contributed by atoms with E-state index < -0.39 is 6.10 Å². The molecule has 1 aliphatic rings. The van der Waals surface area contributed by atoms with Gasteiger partial charge in [-0.25, -0.2) is 4.98 Å². The van der Waals surface area contributed by atoms with Gasteiger partial charge >= 0.3 is 0 Å². The van der Waals surface area contributed by atoms with Crippen molar-refractivity contribution in [2.75, 3.05) is 7.11 Å². The molecule has 6 nitrogen and oxygen atoms in total. The number of aromatic nitrogens is 2. The van der Waals surface area contributed by atoms with Crippen LogP contribution in [0.2, 0.25) is 0 Å². The smallest absolute Gasteiger partial charge is 0.212 e. The Bertz CT molecular complexity index is 965. The molecule has 130 valence electrons. The first-order valence-corrected chi connectivity index (χ1v) is 8.89. The van der Waals surface area contributed by atoms with Crippen molar-refractivity contribution in [2.24, 2.45) is 10.2 Å². The van der Waals surface area contributed by atoms with Crippen LogP contribution in [0.4, 0.5) is 0 Å². The van der Waals surface area contributed by atoms with Crippen LogP contribution in [0.1, 0.15) is 28.5 Å². The van der Waals surface area contributed by atoms with Gasteiger partial charge in [0.25, 0.3) is 0 Å². The molecule has 3 aromatic rings. The Morgan fingerprint density at radius 1 is 1.19 bits per heavy atom. The lowest BCUT2D eigenvalue weighted by atomic mass is 10.0. The van der Waals surface area contributed by atoms with Crippen LogP contribution in [0.25, 0.3) is 10.4 Å². The van der Waals surface area contributed by atoms with Gasteiger partial charge in [-0.05, 0) is 29.8 Å². The van der Waals surface area contributed by atoms with E-state index in [2.05, 4.69) is 20.2 Å². The number of aliphatic hydroxyl groups is 1. The maximum absolute atomic E-state index is 11.0. The topological polar surface area (TPSA) is 80.0 Å². The molecule has 7 heteroatoms. The summed E-state index contributed by atoms with van der Waals surface area (Å²) < 4.78 is 5.09. The van der Waals surface area contributed by atoms with E-state index in [0.717, 1.165) is 26.6 Å². The molecule has 0 fully saturated rings. The lowest BCUT2D eigenvalue weighted by Crippen LogP contribution is -2.06. The van der Waals surface area contributed by atoms with Crippen molar-refractivity contribution in [1.29, 1.82) is 0 Å². The Morgan fingerprint density at radius 3 is 2.69 bits per heavy atom. The number of hydrogen-bond acceptors (Lipinski definition) is 7. The molecule has 26 heavy (non-hydrogen) atoms. The van der Waals surface area contributed by atoms with Gasteiger partial charge in [0.1, 0.15) is 6.10 Å². The lowest BCUT2D eigenvalue weighted by molar-refractivity contribution is 0.220. The van der Waals surface area contributed by atoms with Gasteiger partial charge in [0.2, 0.25) is 5.88 Å². The zero-order chi connectivity index (χ0) is 17.9. The van der Waals surface area contributed by atoms with E-state index in [9.17, 15) is 5.11 Å². The fraction of sp³-hybridized carbons (Fsp3) is 0.158. The lowest BCUT2D eigenvalue weighted by Gasteiger charge is -2.12. The normalized spacial score (nSPS) is 14.3. The molecule has 1 unspecified atom stereocenters. The number of aliphatic hydroxyl groups excluding tert-OH is 1. The Kier molecular flexibility index (Phi) is 4.55. The average molecular weight is 364 g/mol. The number of pyridine rings is 2. The predicted molar refractivity (Wildman–Crippen MR) is 102 cm³/mol. The van der Waals surface area contributed by atoms with E-state index in [1.807, 2.05) is 24.3 Å². The summed E-state index contributed by atoms with van der Waals surface area (Å²) in [7, 11) is 1.56. The fourth-order valence-electron chi connectivity index (χ4n) is 2.76. The highest BCUT2D eigenvalue weighted by Gasteiger charge is 2.23. The molecule has 0 aromatic carbocycles. The van der Waals surface area contributed by atoms with Crippen molar-refractivity contribution < 1.29 is 9.84 Å². The Morgan fingerprint density at radius 2 is 2.04 bits per heavy atom. The SMILES string of the molecule is COc1ccc(C(O)c2cc(-c3ccncc3)sc2C2=NN=CC2)cn1. The standard InChI is InChI=1S/C19H16N4O2S/c1-25-17-3-2-13(11-21-17)18(24)14-10-16(12-4-7-20-8-5-12)26-19(14)15-6-9-22-23-15/h2-5,7-11,18,24H,6H2,1H3. The fourth-order valence-corrected chi connectivity index (χ4v) is 3.95. The highest BCUT2D eigenvalue weighted by atomic mass is 32.1. The van der Waals surface area contributed by atoms with Gasteiger partial charge in [-0.2, -0.15) is 10.2 Å². The van der Waals surface area contributed by atoms with Gasteiger partial charge in [0, 0.05) is 53.3 Å². The molecular formula is C19H16N4O2S. The van der Waals surface area contributed by atoms with Crippen LogP contribution in [-0.4, -0.2) is 34.1 Å². The van der Waals surface area contributed by atoms with Crippen molar-refractivity contribution in [1.82, 2.24) is 9.97 Å².